The van der Waals surface area contributed by atoms with E-state index in [1.165, 1.54) is 0 Å². The van der Waals surface area contributed by atoms with Gasteiger partial charge in [0.2, 0.25) is 0 Å². The molecule has 0 N–H and O–H groups in total. The average molecular weight is 234 g/mol. The van der Waals surface area contributed by atoms with Crippen LogP contribution in [-0.4, -0.2) is 12.1 Å². The van der Waals surface area contributed by atoms with Crippen LogP contribution in [0.2, 0.25) is 0 Å². The fourth-order valence-corrected chi connectivity index (χ4v) is 1.63. The second kappa shape index (κ2) is 6.49. The highest BCUT2D eigenvalue weighted by molar-refractivity contribution is 5.75. The van der Waals surface area contributed by atoms with Gasteiger partial charge in [0.05, 0.1) is 5.92 Å². The molecule has 2 nitrogen and oxygen atoms in total. The predicted octanol–water partition coefficient (Wildman–Crippen LogP) is 3.32. The fraction of sp³-hybridized carbons (Fsp3) is 0.667. The van der Waals surface area contributed by atoms with Crippen LogP contribution in [0.5, 0.6) is 0 Å². The largest absolute Gasteiger partial charge is 0.449 e. The van der Waals surface area contributed by atoms with E-state index in [4.69, 9.17) is 4.74 Å². The molecule has 0 aliphatic heterocycles. The Morgan fingerprint density at radius 2 is 2.18 bits per heavy atom. The van der Waals surface area contributed by atoms with Crippen molar-refractivity contribution in [1.29, 1.82) is 0 Å². The zero-order chi connectivity index (χ0) is 12.8. The number of ether oxygens (including phenoxy) is 1. The lowest BCUT2D eigenvalue weighted by molar-refractivity contribution is -0.150. The summed E-state index contributed by atoms with van der Waals surface area (Å²) in [6.45, 7) is 9.82. The van der Waals surface area contributed by atoms with Crippen molar-refractivity contribution in [3.8, 4) is 11.8 Å². The summed E-state index contributed by atoms with van der Waals surface area (Å²) in [5, 5.41) is 0. The minimum absolute atomic E-state index is 0.0750. The quantitative estimate of drug-likeness (QED) is 0.539. The molecule has 1 aliphatic rings. The van der Waals surface area contributed by atoms with Crippen molar-refractivity contribution < 1.29 is 9.53 Å². The van der Waals surface area contributed by atoms with Crippen molar-refractivity contribution in [3.63, 3.8) is 0 Å². The number of carbonyl (C=O) groups excluding carboxylic acids is 1. The second-order valence-corrected chi connectivity index (χ2v) is 4.95. The Labute approximate surface area is 104 Å². The van der Waals surface area contributed by atoms with Gasteiger partial charge in [-0.05, 0) is 31.8 Å². The maximum atomic E-state index is 11.7. The molecule has 94 valence electrons. The van der Waals surface area contributed by atoms with Gasteiger partial charge in [0, 0.05) is 5.92 Å². The van der Waals surface area contributed by atoms with Crippen molar-refractivity contribution >= 4 is 5.97 Å². The zero-order valence-corrected chi connectivity index (χ0v) is 11.1. The summed E-state index contributed by atoms with van der Waals surface area (Å²) in [4.78, 5) is 11.7. The predicted molar refractivity (Wildman–Crippen MR) is 69.3 cm³/mol. The van der Waals surface area contributed by atoms with E-state index in [-0.39, 0.29) is 23.9 Å². The highest BCUT2D eigenvalue weighted by Crippen LogP contribution is 2.31. The summed E-state index contributed by atoms with van der Waals surface area (Å²) < 4.78 is 5.49. The Balaban J connectivity index is 2.60. The molecule has 0 saturated heterocycles. The van der Waals surface area contributed by atoms with Gasteiger partial charge in [-0.2, -0.15) is 0 Å². The van der Waals surface area contributed by atoms with Crippen LogP contribution >= 0.6 is 0 Å². The van der Waals surface area contributed by atoms with E-state index in [0.29, 0.717) is 0 Å². The Bertz CT molecular complexity index is 342. The minimum Gasteiger partial charge on any atom is -0.449 e. The van der Waals surface area contributed by atoms with Crippen LogP contribution < -0.4 is 0 Å². The molecule has 2 heteroatoms. The molecule has 0 radical (unpaired) electrons. The van der Waals surface area contributed by atoms with Crippen LogP contribution in [0, 0.1) is 23.7 Å². The highest BCUT2D eigenvalue weighted by Gasteiger charge is 2.33. The molecule has 2 atom stereocenters. The molecule has 1 aliphatic carbocycles. The third-order valence-electron chi connectivity index (χ3n) is 2.84. The second-order valence-electron chi connectivity index (χ2n) is 4.95. The molecule has 0 amide bonds. The maximum Gasteiger partial charge on any atom is 0.310 e. The molecule has 1 fully saturated rings. The molecule has 1 saturated carbocycles. The summed E-state index contributed by atoms with van der Waals surface area (Å²) in [5.74, 6) is 6.30. The number of hydrogen-bond donors (Lipinski definition) is 0. The van der Waals surface area contributed by atoms with Gasteiger partial charge in [-0.1, -0.05) is 38.7 Å². The summed E-state index contributed by atoms with van der Waals surface area (Å²) in [6, 6.07) is 0. The monoisotopic (exact) mass is 234 g/mol. The van der Waals surface area contributed by atoms with E-state index in [9.17, 15) is 4.79 Å². The van der Waals surface area contributed by atoms with Gasteiger partial charge in [0.1, 0.15) is 0 Å². The van der Waals surface area contributed by atoms with E-state index >= 15 is 0 Å². The molecule has 0 heterocycles. The van der Waals surface area contributed by atoms with Gasteiger partial charge in [-0.25, -0.2) is 0 Å². The summed E-state index contributed by atoms with van der Waals surface area (Å²) >= 11 is 0. The van der Waals surface area contributed by atoms with Gasteiger partial charge in [-0.3, -0.25) is 4.79 Å². The molecule has 0 aromatic rings. The van der Waals surface area contributed by atoms with Gasteiger partial charge in [0.15, 0.2) is 6.10 Å². The van der Waals surface area contributed by atoms with Crippen LogP contribution in [0.4, 0.5) is 0 Å². The SMILES string of the molecule is C=C(C)C#CC(OC(=O)C1CC1)C(C)CCC. The van der Waals surface area contributed by atoms with Crippen molar-refractivity contribution in [3.05, 3.63) is 12.2 Å². The van der Waals surface area contributed by atoms with Crippen LogP contribution in [-0.2, 0) is 9.53 Å². The lowest BCUT2D eigenvalue weighted by Crippen LogP contribution is -2.24. The Morgan fingerprint density at radius 3 is 2.65 bits per heavy atom. The molecular formula is C15H22O2. The number of carbonyl (C=O) groups is 1. The summed E-state index contributed by atoms with van der Waals surface area (Å²) in [5.41, 5.74) is 0.807. The Kier molecular flexibility index (Phi) is 5.28. The minimum atomic E-state index is -0.278. The Hall–Kier alpha value is -1.23. The summed E-state index contributed by atoms with van der Waals surface area (Å²) in [7, 11) is 0. The number of rotatable bonds is 5. The first kappa shape index (κ1) is 13.8. The molecule has 2 unspecified atom stereocenters. The first-order chi connectivity index (χ1) is 8.04. The van der Waals surface area contributed by atoms with Crippen LogP contribution in [0.15, 0.2) is 12.2 Å². The van der Waals surface area contributed by atoms with Gasteiger partial charge < -0.3 is 4.74 Å². The molecule has 1 rings (SSSR count). The van der Waals surface area contributed by atoms with Crippen molar-refractivity contribution in [2.75, 3.05) is 0 Å². The lowest BCUT2D eigenvalue weighted by atomic mass is 9.99. The van der Waals surface area contributed by atoms with Gasteiger partial charge in [-0.15, -0.1) is 0 Å². The van der Waals surface area contributed by atoms with Crippen LogP contribution in [0.3, 0.4) is 0 Å². The van der Waals surface area contributed by atoms with Gasteiger partial charge >= 0.3 is 5.97 Å². The fourth-order valence-electron chi connectivity index (χ4n) is 1.63. The first-order valence-electron chi connectivity index (χ1n) is 6.42. The van der Waals surface area contributed by atoms with Crippen LogP contribution in [0.1, 0.15) is 46.5 Å². The van der Waals surface area contributed by atoms with E-state index in [1.54, 1.807) is 0 Å². The smallest absolute Gasteiger partial charge is 0.310 e. The van der Waals surface area contributed by atoms with Gasteiger partial charge in [0.25, 0.3) is 0 Å². The number of hydrogen-bond acceptors (Lipinski definition) is 2. The molecule has 0 aromatic carbocycles. The first-order valence-corrected chi connectivity index (χ1v) is 6.42. The van der Waals surface area contributed by atoms with E-state index in [0.717, 1.165) is 31.3 Å². The lowest BCUT2D eigenvalue weighted by Gasteiger charge is -2.19. The molecule has 0 spiro atoms. The highest BCUT2D eigenvalue weighted by atomic mass is 16.5. The summed E-state index contributed by atoms with van der Waals surface area (Å²) in [6.07, 6.45) is 3.77. The van der Waals surface area contributed by atoms with Crippen molar-refractivity contribution in [1.82, 2.24) is 0 Å². The van der Waals surface area contributed by atoms with Crippen molar-refractivity contribution in [2.24, 2.45) is 11.8 Å². The topological polar surface area (TPSA) is 26.3 Å². The van der Waals surface area contributed by atoms with Crippen molar-refractivity contribution in [2.45, 2.75) is 52.6 Å². The standard InChI is InChI=1S/C15H22O2/c1-5-6-12(4)14(10-7-11(2)3)17-15(16)13-8-9-13/h12-14H,2,5-6,8-9H2,1,3-4H3. The van der Waals surface area contributed by atoms with E-state index in [2.05, 4.69) is 32.3 Å². The zero-order valence-electron chi connectivity index (χ0n) is 11.1. The molecular weight excluding hydrogens is 212 g/mol. The molecule has 0 aromatic heterocycles. The number of allylic oxidation sites excluding steroid dienone is 1. The maximum absolute atomic E-state index is 11.7. The van der Waals surface area contributed by atoms with E-state index < -0.39 is 0 Å². The normalized spacial score (nSPS) is 17.6. The molecule has 0 bridgehead atoms. The molecule has 17 heavy (non-hydrogen) atoms. The third kappa shape index (κ3) is 5.08. The Morgan fingerprint density at radius 1 is 1.53 bits per heavy atom. The van der Waals surface area contributed by atoms with E-state index in [1.807, 2.05) is 6.92 Å². The van der Waals surface area contributed by atoms with Crippen LogP contribution in [0.25, 0.3) is 0 Å². The third-order valence-corrected chi connectivity index (χ3v) is 2.84. The average Bonchev–Trinajstić information content (AvgIpc) is 3.07. The number of esters is 1.